The van der Waals surface area contributed by atoms with Gasteiger partial charge in [0.2, 0.25) is 5.91 Å². The second-order valence-electron chi connectivity index (χ2n) is 12.5. The molecule has 2 aromatic rings. The molecule has 3 heterocycles. The van der Waals surface area contributed by atoms with Crippen LogP contribution in [0, 0.1) is 5.92 Å². The number of hydrogen-bond donors (Lipinski definition) is 1. The van der Waals surface area contributed by atoms with Crippen LogP contribution in [0.2, 0.25) is 0 Å². The minimum atomic E-state index is 0.0594. The summed E-state index contributed by atoms with van der Waals surface area (Å²) < 4.78 is 6.46. The van der Waals surface area contributed by atoms with Gasteiger partial charge in [-0.15, -0.1) is 0 Å². The Bertz CT molecular complexity index is 1140. The number of rotatable bonds is 6. The summed E-state index contributed by atoms with van der Waals surface area (Å²) >= 11 is 0. The number of nitrogens with zero attached hydrogens (tertiary/aromatic N) is 2. The maximum Gasteiger partial charge on any atom is 0.226 e. The maximum atomic E-state index is 13.1. The number of carbonyl (C=O) groups excluding carboxylic acids is 1. The van der Waals surface area contributed by atoms with Crippen molar-refractivity contribution in [3.05, 3.63) is 65.0 Å². The third-order valence-electron chi connectivity index (χ3n) is 10.2. The lowest BCUT2D eigenvalue weighted by molar-refractivity contribution is -0.136. The molecular formula is C32H41N3O2. The van der Waals surface area contributed by atoms with Crippen molar-refractivity contribution in [2.24, 2.45) is 5.92 Å². The summed E-state index contributed by atoms with van der Waals surface area (Å²) in [5.74, 6) is 0.713. The van der Waals surface area contributed by atoms with E-state index in [2.05, 4.69) is 40.5 Å². The van der Waals surface area contributed by atoms with Crippen LogP contribution in [0.3, 0.4) is 0 Å². The Hall–Kier alpha value is -2.24. The maximum absolute atomic E-state index is 13.1. The van der Waals surface area contributed by atoms with Gasteiger partial charge in [-0.2, -0.15) is 0 Å². The van der Waals surface area contributed by atoms with Crippen molar-refractivity contribution in [3.63, 3.8) is 0 Å². The molecule has 1 saturated heterocycles. The summed E-state index contributed by atoms with van der Waals surface area (Å²) in [7, 11) is 0. The molecule has 0 radical (unpaired) electrons. The Labute approximate surface area is 221 Å². The van der Waals surface area contributed by atoms with E-state index >= 15 is 0 Å². The molecule has 1 spiro atoms. The number of amides is 1. The monoisotopic (exact) mass is 499 g/mol. The molecule has 1 amide bonds. The Morgan fingerprint density at radius 2 is 1.95 bits per heavy atom. The third kappa shape index (κ3) is 4.32. The molecule has 2 saturated carbocycles. The summed E-state index contributed by atoms with van der Waals surface area (Å²) in [6.45, 7) is 2.72. The smallest absolute Gasteiger partial charge is 0.226 e. The topological polar surface area (TPSA) is 54.5 Å². The van der Waals surface area contributed by atoms with E-state index in [0.717, 1.165) is 71.1 Å². The Kier molecular flexibility index (Phi) is 6.12. The van der Waals surface area contributed by atoms with Crippen LogP contribution in [0.1, 0.15) is 105 Å². The first-order valence-electron chi connectivity index (χ1n) is 14.9. The van der Waals surface area contributed by atoms with Crippen molar-refractivity contribution in [1.29, 1.82) is 0 Å². The van der Waals surface area contributed by atoms with Crippen LogP contribution < -0.4 is 5.32 Å². The molecule has 0 bridgehead atoms. The van der Waals surface area contributed by atoms with Crippen molar-refractivity contribution in [2.75, 3.05) is 19.7 Å². The van der Waals surface area contributed by atoms with Gasteiger partial charge in [-0.25, -0.2) is 0 Å². The number of hydrogen-bond acceptors (Lipinski definition) is 4. The van der Waals surface area contributed by atoms with Crippen LogP contribution in [-0.2, 0) is 21.4 Å². The summed E-state index contributed by atoms with van der Waals surface area (Å²) in [5.41, 5.74) is 5.75. The zero-order valence-electron chi connectivity index (χ0n) is 22.1. The van der Waals surface area contributed by atoms with E-state index in [1.54, 1.807) is 0 Å². The molecule has 3 atom stereocenters. The molecule has 3 fully saturated rings. The first-order chi connectivity index (χ1) is 18.2. The van der Waals surface area contributed by atoms with E-state index in [0.29, 0.717) is 17.9 Å². The van der Waals surface area contributed by atoms with E-state index in [1.165, 1.54) is 48.1 Å². The highest BCUT2D eigenvalue weighted by Crippen LogP contribution is 2.50. The van der Waals surface area contributed by atoms with Crippen molar-refractivity contribution in [2.45, 2.75) is 100 Å². The number of aromatic nitrogens is 1. The summed E-state index contributed by atoms with van der Waals surface area (Å²) in [4.78, 5) is 20.2. The molecule has 3 aliphatic carbocycles. The second-order valence-corrected chi connectivity index (χ2v) is 12.5. The molecule has 5 aliphatic rings. The average molecular weight is 500 g/mol. The van der Waals surface area contributed by atoms with Gasteiger partial charge in [-0.3, -0.25) is 9.78 Å². The quantitative estimate of drug-likeness (QED) is 0.546. The van der Waals surface area contributed by atoms with Crippen LogP contribution in [0.5, 0.6) is 0 Å². The molecule has 5 nitrogen and oxygen atoms in total. The minimum Gasteiger partial charge on any atom is -0.375 e. The van der Waals surface area contributed by atoms with Crippen LogP contribution in [0.4, 0.5) is 0 Å². The Morgan fingerprint density at radius 3 is 2.76 bits per heavy atom. The van der Waals surface area contributed by atoms with E-state index < -0.39 is 0 Å². The fraction of sp³-hybridized carbons (Fsp3) is 0.625. The molecule has 1 aromatic carbocycles. The van der Waals surface area contributed by atoms with Gasteiger partial charge >= 0.3 is 0 Å². The van der Waals surface area contributed by atoms with E-state index in [1.807, 2.05) is 12.3 Å². The highest BCUT2D eigenvalue weighted by molar-refractivity contribution is 5.82. The second kappa shape index (κ2) is 9.50. The predicted molar refractivity (Wildman–Crippen MR) is 144 cm³/mol. The summed E-state index contributed by atoms with van der Waals surface area (Å²) in [6, 6.07) is 13.9. The average Bonchev–Trinajstić information content (AvgIpc) is 3.70. The van der Waals surface area contributed by atoms with Gasteiger partial charge in [0.05, 0.1) is 11.6 Å². The zero-order chi connectivity index (χ0) is 24.9. The molecule has 37 heavy (non-hydrogen) atoms. The first kappa shape index (κ1) is 23.8. The van der Waals surface area contributed by atoms with Crippen molar-refractivity contribution in [1.82, 2.24) is 15.2 Å². The lowest BCUT2D eigenvalue weighted by atomic mass is 9.68. The molecule has 2 unspecified atom stereocenters. The van der Waals surface area contributed by atoms with Crippen molar-refractivity contribution >= 4 is 5.91 Å². The summed E-state index contributed by atoms with van der Waals surface area (Å²) in [6.07, 6.45) is 15.5. The van der Waals surface area contributed by atoms with Gasteiger partial charge in [0.15, 0.2) is 0 Å². The highest BCUT2D eigenvalue weighted by Gasteiger charge is 2.48. The largest absolute Gasteiger partial charge is 0.375 e. The van der Waals surface area contributed by atoms with Crippen LogP contribution in [0.15, 0.2) is 42.6 Å². The Morgan fingerprint density at radius 1 is 1.05 bits per heavy atom. The van der Waals surface area contributed by atoms with Crippen molar-refractivity contribution in [3.8, 4) is 0 Å². The van der Waals surface area contributed by atoms with Gasteiger partial charge in [-0.1, -0.05) is 37.1 Å². The summed E-state index contributed by atoms with van der Waals surface area (Å²) in [5, 5.41) is 4.00. The normalized spacial score (nSPS) is 30.3. The standard InChI is InChI=1S/C32H41N3O2/c36-30(24-9-10-24)35-20-13-23-6-5-7-25-26(11-12-27(35)29(23)25)33-19-16-31(28-8-1-4-18-34-28)17-21-37-32(22-31)14-2-3-15-32/h1,4-8,18,24,26-27,33H,2-3,9-17,19-22H2/t26?,27?,31-/m1/s1. The number of benzene rings is 1. The zero-order valence-corrected chi connectivity index (χ0v) is 22.1. The van der Waals surface area contributed by atoms with Crippen LogP contribution >= 0.6 is 0 Å². The van der Waals surface area contributed by atoms with Gasteiger partial charge in [0.25, 0.3) is 0 Å². The van der Waals surface area contributed by atoms with Gasteiger partial charge in [0, 0.05) is 42.4 Å². The van der Waals surface area contributed by atoms with E-state index in [4.69, 9.17) is 9.72 Å². The van der Waals surface area contributed by atoms with Crippen LogP contribution in [0.25, 0.3) is 0 Å². The SMILES string of the molecule is O=C(C1CC1)N1CCc2cccc3c2C1CCC3NCC[C@@]1(c2ccccn2)CCOC2(CCCC2)C1. The van der Waals surface area contributed by atoms with E-state index in [-0.39, 0.29) is 17.1 Å². The molecule has 7 rings (SSSR count). The number of carbonyl (C=O) groups is 1. The first-order valence-corrected chi connectivity index (χ1v) is 14.9. The molecule has 196 valence electrons. The number of nitrogens with one attached hydrogen (secondary N) is 1. The van der Waals surface area contributed by atoms with E-state index in [9.17, 15) is 4.79 Å². The van der Waals surface area contributed by atoms with Crippen molar-refractivity contribution < 1.29 is 9.53 Å². The molecule has 1 N–H and O–H groups in total. The lowest BCUT2D eigenvalue weighted by Crippen LogP contribution is -2.48. The fourth-order valence-electron chi connectivity index (χ4n) is 8.22. The molecule has 1 aromatic heterocycles. The predicted octanol–water partition coefficient (Wildman–Crippen LogP) is 5.79. The Balaban J connectivity index is 1.10. The highest BCUT2D eigenvalue weighted by atomic mass is 16.5. The molecule has 2 aliphatic heterocycles. The van der Waals surface area contributed by atoms with Gasteiger partial charge < -0.3 is 15.0 Å². The molecular weight excluding hydrogens is 458 g/mol. The third-order valence-corrected chi connectivity index (χ3v) is 10.2. The molecule has 5 heteroatoms. The minimum absolute atomic E-state index is 0.0594. The fourth-order valence-corrected chi connectivity index (χ4v) is 8.22. The lowest BCUT2D eigenvalue weighted by Gasteiger charge is -2.47. The van der Waals surface area contributed by atoms with Gasteiger partial charge in [0.1, 0.15) is 0 Å². The van der Waals surface area contributed by atoms with Crippen LogP contribution in [-0.4, -0.2) is 41.1 Å². The van der Waals surface area contributed by atoms with Gasteiger partial charge in [-0.05, 0) is 99.6 Å². The number of ether oxygens (including phenoxy) is 1. The number of pyridine rings is 1.